The molecule has 1 unspecified atom stereocenters. The molecule has 0 rings (SSSR count). The fourth-order valence-electron chi connectivity index (χ4n) is 0.838. The SMILES string of the molecule is C=CC(C)C(=O)OC(C)(C)C(=O)OC(C)C. The van der Waals surface area contributed by atoms with E-state index in [9.17, 15) is 9.59 Å². The minimum absolute atomic E-state index is 0.234. The summed E-state index contributed by atoms with van der Waals surface area (Å²) in [6, 6.07) is 0. The van der Waals surface area contributed by atoms with Crippen LogP contribution in [0.15, 0.2) is 12.7 Å². The largest absolute Gasteiger partial charge is 0.460 e. The van der Waals surface area contributed by atoms with Gasteiger partial charge in [-0.1, -0.05) is 6.08 Å². The maximum absolute atomic E-state index is 11.6. The van der Waals surface area contributed by atoms with E-state index < -0.39 is 23.5 Å². The van der Waals surface area contributed by atoms with Crippen molar-refractivity contribution < 1.29 is 19.1 Å². The Labute approximate surface area is 96.6 Å². The van der Waals surface area contributed by atoms with Crippen molar-refractivity contribution in [2.75, 3.05) is 0 Å². The molecule has 0 radical (unpaired) electrons. The summed E-state index contributed by atoms with van der Waals surface area (Å²) in [7, 11) is 0. The normalized spacial score (nSPS) is 13.1. The highest BCUT2D eigenvalue weighted by Crippen LogP contribution is 2.16. The van der Waals surface area contributed by atoms with E-state index in [2.05, 4.69) is 6.58 Å². The third kappa shape index (κ3) is 4.47. The minimum Gasteiger partial charge on any atom is -0.460 e. The summed E-state index contributed by atoms with van der Waals surface area (Å²) in [6.07, 6.45) is 1.23. The van der Waals surface area contributed by atoms with E-state index in [1.165, 1.54) is 19.9 Å². The van der Waals surface area contributed by atoms with Crippen LogP contribution in [0.1, 0.15) is 34.6 Å². The van der Waals surface area contributed by atoms with E-state index in [-0.39, 0.29) is 6.10 Å². The lowest BCUT2D eigenvalue weighted by Crippen LogP contribution is -2.40. The van der Waals surface area contributed by atoms with Crippen LogP contribution in [0.4, 0.5) is 0 Å². The molecule has 92 valence electrons. The quantitative estimate of drug-likeness (QED) is 0.534. The van der Waals surface area contributed by atoms with Gasteiger partial charge >= 0.3 is 11.9 Å². The van der Waals surface area contributed by atoms with Crippen molar-refractivity contribution in [1.82, 2.24) is 0 Å². The van der Waals surface area contributed by atoms with Crippen molar-refractivity contribution in [3.8, 4) is 0 Å². The fraction of sp³-hybridized carbons (Fsp3) is 0.667. The molecule has 0 aliphatic rings. The smallest absolute Gasteiger partial charge is 0.350 e. The Morgan fingerprint density at radius 2 is 1.75 bits per heavy atom. The molecule has 0 aromatic rings. The van der Waals surface area contributed by atoms with Gasteiger partial charge in [-0.3, -0.25) is 4.79 Å². The molecule has 0 aliphatic carbocycles. The van der Waals surface area contributed by atoms with Gasteiger partial charge in [0, 0.05) is 0 Å². The molecule has 1 atom stereocenters. The Balaban J connectivity index is 4.50. The lowest BCUT2D eigenvalue weighted by atomic mass is 10.1. The second-order valence-corrected chi connectivity index (χ2v) is 4.41. The van der Waals surface area contributed by atoms with Crippen LogP contribution >= 0.6 is 0 Å². The number of hydrogen-bond donors (Lipinski definition) is 0. The second-order valence-electron chi connectivity index (χ2n) is 4.41. The molecule has 0 bridgehead atoms. The summed E-state index contributed by atoms with van der Waals surface area (Å²) in [5, 5.41) is 0. The molecule has 0 amide bonds. The van der Waals surface area contributed by atoms with Crippen molar-refractivity contribution in [3.63, 3.8) is 0 Å². The van der Waals surface area contributed by atoms with Gasteiger partial charge in [0.1, 0.15) is 0 Å². The molecular weight excluding hydrogens is 208 g/mol. The van der Waals surface area contributed by atoms with Gasteiger partial charge < -0.3 is 9.47 Å². The first-order valence-corrected chi connectivity index (χ1v) is 5.27. The van der Waals surface area contributed by atoms with Crippen LogP contribution < -0.4 is 0 Å². The van der Waals surface area contributed by atoms with E-state index in [0.717, 1.165) is 0 Å². The molecule has 0 saturated heterocycles. The first kappa shape index (κ1) is 14.7. The van der Waals surface area contributed by atoms with E-state index in [4.69, 9.17) is 9.47 Å². The summed E-state index contributed by atoms with van der Waals surface area (Å²) >= 11 is 0. The molecule has 0 aliphatic heterocycles. The van der Waals surface area contributed by atoms with Crippen LogP contribution in [0, 0.1) is 5.92 Å². The third-order valence-electron chi connectivity index (χ3n) is 1.92. The van der Waals surface area contributed by atoms with Gasteiger partial charge in [-0.2, -0.15) is 0 Å². The molecule has 0 N–H and O–H groups in total. The molecule has 0 spiro atoms. The average molecular weight is 228 g/mol. The Bertz CT molecular complexity index is 279. The van der Waals surface area contributed by atoms with Crippen molar-refractivity contribution >= 4 is 11.9 Å². The van der Waals surface area contributed by atoms with E-state index in [1.807, 2.05) is 0 Å². The molecule has 0 aromatic heterocycles. The van der Waals surface area contributed by atoms with Crippen LogP contribution in [0.2, 0.25) is 0 Å². The Morgan fingerprint density at radius 1 is 1.25 bits per heavy atom. The summed E-state index contributed by atoms with van der Waals surface area (Å²) in [6.45, 7) is 11.6. The van der Waals surface area contributed by atoms with Crippen LogP contribution in [-0.4, -0.2) is 23.6 Å². The van der Waals surface area contributed by atoms with E-state index in [1.54, 1.807) is 20.8 Å². The fourth-order valence-corrected chi connectivity index (χ4v) is 0.838. The lowest BCUT2D eigenvalue weighted by molar-refractivity contribution is -0.182. The van der Waals surface area contributed by atoms with Crippen LogP contribution in [0.25, 0.3) is 0 Å². The summed E-state index contributed by atoms with van der Waals surface area (Å²) in [4.78, 5) is 23.1. The van der Waals surface area contributed by atoms with Crippen molar-refractivity contribution in [2.45, 2.75) is 46.3 Å². The highest BCUT2D eigenvalue weighted by Gasteiger charge is 2.35. The van der Waals surface area contributed by atoms with Gasteiger partial charge in [0.15, 0.2) is 0 Å². The molecule has 16 heavy (non-hydrogen) atoms. The molecule has 0 heterocycles. The van der Waals surface area contributed by atoms with Gasteiger partial charge in [0.2, 0.25) is 5.60 Å². The van der Waals surface area contributed by atoms with Crippen LogP contribution in [-0.2, 0) is 19.1 Å². The molecule has 0 fully saturated rings. The average Bonchev–Trinajstić information content (AvgIpc) is 2.14. The standard InChI is InChI=1S/C12H20O4/c1-7-9(4)10(13)16-12(5,6)11(14)15-8(2)3/h7-9H,1H2,2-6H3. The zero-order valence-corrected chi connectivity index (χ0v) is 10.6. The van der Waals surface area contributed by atoms with Crippen LogP contribution in [0.5, 0.6) is 0 Å². The van der Waals surface area contributed by atoms with Crippen LogP contribution in [0.3, 0.4) is 0 Å². The summed E-state index contributed by atoms with van der Waals surface area (Å²) in [5.74, 6) is -1.47. The summed E-state index contributed by atoms with van der Waals surface area (Å²) in [5.41, 5.74) is -1.27. The Morgan fingerprint density at radius 3 is 2.12 bits per heavy atom. The number of carbonyl (C=O) groups is 2. The highest BCUT2D eigenvalue weighted by atomic mass is 16.6. The predicted molar refractivity (Wildman–Crippen MR) is 60.8 cm³/mol. The zero-order chi connectivity index (χ0) is 12.9. The Hall–Kier alpha value is -1.32. The molecular formula is C12H20O4. The number of carbonyl (C=O) groups excluding carboxylic acids is 2. The molecule has 0 aromatic carbocycles. The van der Waals surface area contributed by atoms with E-state index in [0.29, 0.717) is 0 Å². The molecule has 0 saturated carbocycles. The monoisotopic (exact) mass is 228 g/mol. The first-order chi connectivity index (χ1) is 7.20. The van der Waals surface area contributed by atoms with Crippen molar-refractivity contribution in [2.24, 2.45) is 5.92 Å². The highest BCUT2D eigenvalue weighted by molar-refractivity contribution is 5.83. The maximum Gasteiger partial charge on any atom is 0.350 e. The zero-order valence-electron chi connectivity index (χ0n) is 10.6. The van der Waals surface area contributed by atoms with Gasteiger partial charge in [-0.05, 0) is 34.6 Å². The van der Waals surface area contributed by atoms with E-state index >= 15 is 0 Å². The second kappa shape index (κ2) is 5.68. The van der Waals surface area contributed by atoms with Crippen molar-refractivity contribution in [1.29, 1.82) is 0 Å². The predicted octanol–water partition coefficient (Wildman–Crippen LogP) is 2.08. The topological polar surface area (TPSA) is 52.6 Å². The molecule has 4 heteroatoms. The van der Waals surface area contributed by atoms with Crippen molar-refractivity contribution in [3.05, 3.63) is 12.7 Å². The minimum atomic E-state index is -1.27. The van der Waals surface area contributed by atoms with Gasteiger partial charge in [-0.15, -0.1) is 6.58 Å². The first-order valence-electron chi connectivity index (χ1n) is 5.27. The number of rotatable bonds is 5. The molecule has 4 nitrogen and oxygen atoms in total. The summed E-state index contributed by atoms with van der Waals surface area (Å²) < 4.78 is 10.1. The Kier molecular flexibility index (Phi) is 5.21. The van der Waals surface area contributed by atoms with Gasteiger partial charge in [0.05, 0.1) is 12.0 Å². The third-order valence-corrected chi connectivity index (χ3v) is 1.92. The lowest BCUT2D eigenvalue weighted by Gasteiger charge is -2.25. The number of esters is 2. The van der Waals surface area contributed by atoms with Gasteiger partial charge in [-0.25, -0.2) is 4.79 Å². The number of hydrogen-bond acceptors (Lipinski definition) is 4. The number of ether oxygens (including phenoxy) is 2. The maximum atomic E-state index is 11.6. The van der Waals surface area contributed by atoms with Gasteiger partial charge in [0.25, 0.3) is 0 Å².